The highest BCUT2D eigenvalue weighted by molar-refractivity contribution is 6.30. The van der Waals surface area contributed by atoms with Crippen LogP contribution in [0.25, 0.3) is 0 Å². The molecule has 1 aromatic rings. The van der Waals surface area contributed by atoms with E-state index in [0.29, 0.717) is 35.2 Å². The highest BCUT2D eigenvalue weighted by Crippen LogP contribution is 2.25. The summed E-state index contributed by atoms with van der Waals surface area (Å²) in [6.45, 7) is 2.39. The maximum absolute atomic E-state index is 12.0. The molecule has 94 valence electrons. The first-order valence-corrected chi connectivity index (χ1v) is 6.61. The molecule has 17 heavy (non-hydrogen) atoms. The van der Waals surface area contributed by atoms with Gasteiger partial charge in [-0.1, -0.05) is 11.6 Å². The predicted molar refractivity (Wildman–Crippen MR) is 71.5 cm³/mol. The number of alkyl halides is 1. The predicted octanol–water partition coefficient (Wildman–Crippen LogP) is 4.33. The van der Waals surface area contributed by atoms with E-state index >= 15 is 0 Å². The molecule has 0 saturated heterocycles. The van der Waals surface area contributed by atoms with Crippen LogP contribution >= 0.6 is 23.2 Å². The quantitative estimate of drug-likeness (QED) is 0.420. The van der Waals surface area contributed by atoms with Crippen LogP contribution in [0, 0.1) is 0 Å². The number of carbonyl (C=O) groups is 1. The summed E-state index contributed by atoms with van der Waals surface area (Å²) in [5.41, 5.74) is 0.603. The van der Waals surface area contributed by atoms with Gasteiger partial charge in [-0.3, -0.25) is 4.79 Å². The van der Waals surface area contributed by atoms with Crippen molar-refractivity contribution in [3.63, 3.8) is 0 Å². The fourth-order valence-electron chi connectivity index (χ4n) is 1.52. The second-order valence-corrected chi connectivity index (χ2v) is 4.46. The smallest absolute Gasteiger partial charge is 0.166 e. The van der Waals surface area contributed by atoms with Crippen molar-refractivity contribution in [2.45, 2.75) is 26.2 Å². The molecule has 0 heterocycles. The maximum Gasteiger partial charge on any atom is 0.166 e. The Balaban J connectivity index is 2.77. The first-order valence-electron chi connectivity index (χ1n) is 5.70. The van der Waals surface area contributed by atoms with E-state index < -0.39 is 0 Å². The minimum atomic E-state index is 0.0789. The summed E-state index contributed by atoms with van der Waals surface area (Å²) in [5.74, 6) is 1.23. The van der Waals surface area contributed by atoms with Crippen molar-refractivity contribution in [2.75, 3.05) is 12.5 Å². The fourth-order valence-corrected chi connectivity index (χ4v) is 1.87. The molecule has 0 aromatic heterocycles. The van der Waals surface area contributed by atoms with E-state index in [-0.39, 0.29) is 5.78 Å². The lowest BCUT2D eigenvalue weighted by Crippen LogP contribution is -2.04. The minimum absolute atomic E-state index is 0.0789. The number of halogens is 2. The summed E-state index contributed by atoms with van der Waals surface area (Å²) in [4.78, 5) is 12.0. The van der Waals surface area contributed by atoms with E-state index in [9.17, 15) is 4.79 Å². The average Bonchev–Trinajstić information content (AvgIpc) is 2.30. The number of ketones is 1. The molecule has 0 aliphatic heterocycles. The van der Waals surface area contributed by atoms with Crippen molar-refractivity contribution in [1.82, 2.24) is 0 Å². The van der Waals surface area contributed by atoms with Crippen LogP contribution < -0.4 is 4.74 Å². The van der Waals surface area contributed by atoms with E-state index in [4.69, 9.17) is 27.9 Å². The Morgan fingerprint density at radius 1 is 1.35 bits per heavy atom. The number of carbonyl (C=O) groups excluding carboxylic acids is 1. The van der Waals surface area contributed by atoms with E-state index in [2.05, 4.69) is 0 Å². The van der Waals surface area contributed by atoms with Gasteiger partial charge >= 0.3 is 0 Å². The fraction of sp³-hybridized carbons (Fsp3) is 0.462. The molecule has 0 unspecified atom stereocenters. The molecule has 0 aliphatic rings. The van der Waals surface area contributed by atoms with E-state index in [1.165, 1.54) is 0 Å². The van der Waals surface area contributed by atoms with Crippen molar-refractivity contribution in [3.8, 4) is 5.75 Å². The van der Waals surface area contributed by atoms with E-state index in [1.807, 2.05) is 6.92 Å². The molecule has 0 bridgehead atoms. The molecule has 0 aliphatic carbocycles. The van der Waals surface area contributed by atoms with Crippen molar-refractivity contribution in [3.05, 3.63) is 28.8 Å². The molecule has 4 heteroatoms. The van der Waals surface area contributed by atoms with Gasteiger partial charge in [0.05, 0.1) is 12.2 Å². The van der Waals surface area contributed by atoms with Crippen LogP contribution in [0.4, 0.5) is 0 Å². The summed E-state index contributed by atoms with van der Waals surface area (Å²) in [6.07, 6.45) is 2.15. The molecule has 0 spiro atoms. The van der Waals surface area contributed by atoms with Crippen LogP contribution in [-0.4, -0.2) is 18.3 Å². The van der Waals surface area contributed by atoms with Gasteiger partial charge in [-0.25, -0.2) is 0 Å². The zero-order chi connectivity index (χ0) is 12.7. The summed E-state index contributed by atoms with van der Waals surface area (Å²) < 4.78 is 5.41. The minimum Gasteiger partial charge on any atom is -0.493 e. The van der Waals surface area contributed by atoms with Gasteiger partial charge in [-0.05, 0) is 38.0 Å². The third-order valence-electron chi connectivity index (χ3n) is 2.33. The Labute approximate surface area is 112 Å². The largest absolute Gasteiger partial charge is 0.493 e. The van der Waals surface area contributed by atoms with Gasteiger partial charge in [-0.15, -0.1) is 11.6 Å². The Kier molecular flexibility index (Phi) is 6.38. The third kappa shape index (κ3) is 4.57. The topological polar surface area (TPSA) is 26.3 Å². The van der Waals surface area contributed by atoms with Gasteiger partial charge in [0, 0.05) is 17.3 Å². The molecule has 0 atom stereocenters. The Hall–Kier alpha value is -0.730. The van der Waals surface area contributed by atoms with Crippen LogP contribution in [0.1, 0.15) is 36.5 Å². The number of hydrogen-bond acceptors (Lipinski definition) is 2. The van der Waals surface area contributed by atoms with Gasteiger partial charge in [0.2, 0.25) is 0 Å². The second-order valence-electron chi connectivity index (χ2n) is 3.64. The monoisotopic (exact) mass is 274 g/mol. The number of hydrogen-bond donors (Lipinski definition) is 0. The van der Waals surface area contributed by atoms with Gasteiger partial charge in [0.15, 0.2) is 5.78 Å². The van der Waals surface area contributed by atoms with E-state index in [1.54, 1.807) is 18.2 Å². The third-order valence-corrected chi connectivity index (χ3v) is 2.83. The van der Waals surface area contributed by atoms with Crippen molar-refractivity contribution in [1.29, 1.82) is 0 Å². The molecule has 0 amide bonds. The SMILES string of the molecule is CCOc1cc(Cl)ccc1C(=O)CCCCCl. The standard InChI is InChI=1S/C13H16Cl2O2/c1-2-17-13-9-10(15)6-7-11(13)12(16)5-3-4-8-14/h6-7,9H,2-5,8H2,1H3. The maximum atomic E-state index is 12.0. The summed E-state index contributed by atoms with van der Waals surface area (Å²) >= 11 is 11.5. The molecule has 0 N–H and O–H groups in total. The lowest BCUT2D eigenvalue weighted by molar-refractivity contribution is 0.0976. The summed E-state index contributed by atoms with van der Waals surface area (Å²) in [5, 5.41) is 0.575. The van der Waals surface area contributed by atoms with Crippen LogP contribution in [0.3, 0.4) is 0 Å². The molecular formula is C13H16Cl2O2. The number of rotatable bonds is 7. The molecule has 2 nitrogen and oxygen atoms in total. The van der Waals surface area contributed by atoms with Crippen molar-refractivity contribution >= 4 is 29.0 Å². The van der Waals surface area contributed by atoms with Gasteiger partial charge in [0.25, 0.3) is 0 Å². The highest BCUT2D eigenvalue weighted by atomic mass is 35.5. The van der Waals surface area contributed by atoms with E-state index in [0.717, 1.165) is 12.8 Å². The Bertz CT molecular complexity index is 378. The molecule has 0 fully saturated rings. The first-order chi connectivity index (χ1) is 8.19. The van der Waals surface area contributed by atoms with Gasteiger partial charge in [-0.2, -0.15) is 0 Å². The summed E-state index contributed by atoms with van der Waals surface area (Å²) in [7, 11) is 0. The Morgan fingerprint density at radius 3 is 2.76 bits per heavy atom. The first kappa shape index (κ1) is 14.3. The number of unbranched alkanes of at least 4 members (excludes halogenated alkanes) is 1. The lowest BCUT2D eigenvalue weighted by atomic mass is 10.0. The average molecular weight is 275 g/mol. The van der Waals surface area contributed by atoms with Crippen molar-refractivity contribution in [2.24, 2.45) is 0 Å². The Morgan fingerprint density at radius 2 is 2.12 bits per heavy atom. The van der Waals surface area contributed by atoms with Crippen LogP contribution in [0.2, 0.25) is 5.02 Å². The number of ether oxygens (including phenoxy) is 1. The van der Waals surface area contributed by atoms with Gasteiger partial charge < -0.3 is 4.74 Å². The van der Waals surface area contributed by atoms with Crippen LogP contribution in [0.5, 0.6) is 5.75 Å². The molecule has 1 rings (SSSR count). The molecule has 0 saturated carbocycles. The molecule has 0 radical (unpaired) electrons. The summed E-state index contributed by atoms with van der Waals surface area (Å²) in [6, 6.07) is 5.11. The lowest BCUT2D eigenvalue weighted by Gasteiger charge is -2.09. The normalized spacial score (nSPS) is 10.3. The zero-order valence-electron chi connectivity index (χ0n) is 9.84. The van der Waals surface area contributed by atoms with Crippen molar-refractivity contribution < 1.29 is 9.53 Å². The van der Waals surface area contributed by atoms with Gasteiger partial charge in [0.1, 0.15) is 5.75 Å². The molecular weight excluding hydrogens is 259 g/mol. The second kappa shape index (κ2) is 7.57. The number of Topliss-reactive ketones (excluding diaryl/α,β-unsaturated/α-hetero) is 1. The van der Waals surface area contributed by atoms with Crippen LogP contribution in [-0.2, 0) is 0 Å². The zero-order valence-corrected chi connectivity index (χ0v) is 11.4. The number of benzene rings is 1. The van der Waals surface area contributed by atoms with Crippen LogP contribution in [0.15, 0.2) is 18.2 Å². The highest BCUT2D eigenvalue weighted by Gasteiger charge is 2.12. The molecule has 1 aromatic carbocycles.